The molecule has 2 amide bonds. The van der Waals surface area contributed by atoms with Gasteiger partial charge in [-0.3, -0.25) is 0 Å². The predicted molar refractivity (Wildman–Crippen MR) is 81.3 cm³/mol. The van der Waals surface area contributed by atoms with E-state index < -0.39 is 18.0 Å². The molecule has 0 bridgehead atoms. The Morgan fingerprint density at radius 3 is 2.57 bits per heavy atom. The summed E-state index contributed by atoms with van der Waals surface area (Å²) >= 11 is 0. The van der Waals surface area contributed by atoms with E-state index >= 15 is 0 Å². The first-order valence-electron chi connectivity index (χ1n) is 7.43. The van der Waals surface area contributed by atoms with Crippen molar-refractivity contribution in [1.29, 1.82) is 0 Å². The molecule has 1 saturated carbocycles. The summed E-state index contributed by atoms with van der Waals surface area (Å²) in [6.45, 7) is 1.94. The number of carbonyl (C=O) groups excluding carboxylic acids is 1. The highest BCUT2D eigenvalue weighted by atomic mass is 16.4. The minimum absolute atomic E-state index is 0.0273. The smallest absolute Gasteiger partial charge is 0.326 e. The third kappa shape index (κ3) is 4.48. The van der Waals surface area contributed by atoms with Gasteiger partial charge in [-0.05, 0) is 43.4 Å². The molecule has 5 heteroatoms. The zero-order valence-electron chi connectivity index (χ0n) is 12.3. The molecule has 0 radical (unpaired) electrons. The number of aryl methyl sites for hydroxylation is 1. The zero-order valence-corrected chi connectivity index (χ0v) is 12.3. The van der Waals surface area contributed by atoms with Crippen LogP contribution < -0.4 is 10.6 Å². The maximum Gasteiger partial charge on any atom is 0.326 e. The molecular weight excluding hydrogens is 268 g/mol. The second-order valence-corrected chi connectivity index (χ2v) is 5.68. The fourth-order valence-corrected chi connectivity index (χ4v) is 2.88. The van der Waals surface area contributed by atoms with Gasteiger partial charge in [-0.2, -0.15) is 0 Å². The summed E-state index contributed by atoms with van der Waals surface area (Å²) in [6.07, 6.45) is 4.95. The summed E-state index contributed by atoms with van der Waals surface area (Å²) in [5.74, 6) is -0.930. The maximum absolute atomic E-state index is 12.0. The van der Waals surface area contributed by atoms with Crippen LogP contribution in [0.4, 0.5) is 10.5 Å². The van der Waals surface area contributed by atoms with E-state index in [0.29, 0.717) is 5.69 Å². The van der Waals surface area contributed by atoms with Gasteiger partial charge in [0.1, 0.15) is 6.04 Å². The fraction of sp³-hybridized carbons (Fsp3) is 0.500. The summed E-state index contributed by atoms with van der Waals surface area (Å²) < 4.78 is 0. The summed E-state index contributed by atoms with van der Waals surface area (Å²) in [5, 5.41) is 14.6. The van der Waals surface area contributed by atoms with E-state index in [0.717, 1.165) is 37.7 Å². The first kappa shape index (κ1) is 15.4. The molecule has 1 aromatic rings. The van der Waals surface area contributed by atoms with Crippen LogP contribution in [0.2, 0.25) is 0 Å². The van der Waals surface area contributed by atoms with Gasteiger partial charge in [0.05, 0.1) is 0 Å². The van der Waals surface area contributed by atoms with E-state index in [1.54, 1.807) is 6.07 Å². The highest BCUT2D eigenvalue weighted by Crippen LogP contribution is 2.26. The quantitative estimate of drug-likeness (QED) is 0.797. The van der Waals surface area contributed by atoms with Crippen molar-refractivity contribution in [2.75, 3.05) is 5.32 Å². The van der Waals surface area contributed by atoms with Crippen LogP contribution in [0.5, 0.6) is 0 Å². The second kappa shape index (κ2) is 7.11. The third-order valence-corrected chi connectivity index (χ3v) is 3.95. The lowest BCUT2D eigenvalue weighted by molar-refractivity contribution is -0.141. The summed E-state index contributed by atoms with van der Waals surface area (Å²) in [7, 11) is 0. The van der Waals surface area contributed by atoms with Crippen molar-refractivity contribution >= 4 is 17.7 Å². The monoisotopic (exact) mass is 290 g/mol. The van der Waals surface area contributed by atoms with E-state index in [-0.39, 0.29) is 5.92 Å². The van der Waals surface area contributed by atoms with Gasteiger partial charge in [0.15, 0.2) is 0 Å². The van der Waals surface area contributed by atoms with Crippen molar-refractivity contribution in [1.82, 2.24) is 5.32 Å². The average molecular weight is 290 g/mol. The molecular formula is C16H22N2O3. The van der Waals surface area contributed by atoms with Gasteiger partial charge in [0.2, 0.25) is 0 Å². The van der Waals surface area contributed by atoms with E-state index in [9.17, 15) is 14.7 Å². The largest absolute Gasteiger partial charge is 0.480 e. The number of benzene rings is 1. The molecule has 1 fully saturated rings. The van der Waals surface area contributed by atoms with Crippen LogP contribution in [0.3, 0.4) is 0 Å². The molecule has 3 N–H and O–H groups in total. The number of amides is 2. The number of nitrogens with one attached hydrogen (secondary N) is 2. The number of rotatable bonds is 4. The number of hydrogen-bond acceptors (Lipinski definition) is 2. The molecule has 1 aliphatic rings. The first-order chi connectivity index (χ1) is 10.1. The number of carbonyl (C=O) groups is 2. The Kier molecular flexibility index (Phi) is 5.20. The third-order valence-electron chi connectivity index (χ3n) is 3.95. The molecule has 1 atom stereocenters. The van der Waals surface area contributed by atoms with Crippen LogP contribution in [-0.2, 0) is 4.79 Å². The Morgan fingerprint density at radius 1 is 1.24 bits per heavy atom. The molecule has 1 aromatic carbocycles. The number of anilines is 1. The Morgan fingerprint density at radius 2 is 1.95 bits per heavy atom. The lowest BCUT2D eigenvalue weighted by Crippen LogP contribution is -2.48. The standard InChI is InChI=1S/C16H22N2O3/c1-11-6-5-9-13(10-11)17-16(21)18-14(15(19)20)12-7-3-2-4-8-12/h5-6,9-10,12,14H,2-4,7-8H2,1H3,(H,19,20)(H2,17,18,21). The maximum atomic E-state index is 12.0. The first-order valence-corrected chi connectivity index (χ1v) is 7.43. The SMILES string of the molecule is Cc1cccc(NC(=O)NC(C(=O)O)C2CCCCC2)c1. The summed E-state index contributed by atoms with van der Waals surface area (Å²) in [5.41, 5.74) is 1.70. The van der Waals surface area contributed by atoms with E-state index in [4.69, 9.17) is 0 Å². The molecule has 0 heterocycles. The van der Waals surface area contributed by atoms with Crippen molar-refractivity contribution in [3.8, 4) is 0 Å². The van der Waals surface area contributed by atoms with Gasteiger partial charge < -0.3 is 15.7 Å². The van der Waals surface area contributed by atoms with Crippen LogP contribution >= 0.6 is 0 Å². The number of hydrogen-bond donors (Lipinski definition) is 3. The van der Waals surface area contributed by atoms with Crippen molar-refractivity contribution in [3.63, 3.8) is 0 Å². The lowest BCUT2D eigenvalue weighted by atomic mass is 9.84. The molecule has 1 aliphatic carbocycles. The zero-order chi connectivity index (χ0) is 15.2. The Hall–Kier alpha value is -2.04. The Labute approximate surface area is 124 Å². The van der Waals surface area contributed by atoms with Crippen LogP contribution in [0.1, 0.15) is 37.7 Å². The lowest BCUT2D eigenvalue weighted by Gasteiger charge is -2.28. The number of aliphatic carboxylic acids is 1. The normalized spacial score (nSPS) is 17.0. The van der Waals surface area contributed by atoms with Crippen LogP contribution in [0, 0.1) is 12.8 Å². The molecule has 0 aliphatic heterocycles. The number of carboxylic acids is 1. The highest BCUT2D eigenvalue weighted by Gasteiger charge is 2.30. The Bertz CT molecular complexity index is 510. The minimum Gasteiger partial charge on any atom is -0.480 e. The van der Waals surface area contributed by atoms with Crippen molar-refractivity contribution in [3.05, 3.63) is 29.8 Å². The van der Waals surface area contributed by atoms with Crippen molar-refractivity contribution in [2.45, 2.75) is 45.1 Å². The fourth-order valence-electron chi connectivity index (χ4n) is 2.88. The van der Waals surface area contributed by atoms with Gasteiger partial charge >= 0.3 is 12.0 Å². The molecule has 1 unspecified atom stereocenters. The molecule has 0 spiro atoms. The molecule has 2 rings (SSSR count). The van der Waals surface area contributed by atoms with Gasteiger partial charge in [0, 0.05) is 5.69 Å². The van der Waals surface area contributed by atoms with Gasteiger partial charge in [-0.15, -0.1) is 0 Å². The van der Waals surface area contributed by atoms with Crippen LogP contribution in [0.15, 0.2) is 24.3 Å². The van der Waals surface area contributed by atoms with Crippen LogP contribution in [0.25, 0.3) is 0 Å². The van der Waals surface area contributed by atoms with Crippen molar-refractivity contribution in [2.24, 2.45) is 5.92 Å². The molecule has 114 valence electrons. The Balaban J connectivity index is 1.96. The van der Waals surface area contributed by atoms with Gasteiger partial charge in [0.25, 0.3) is 0 Å². The van der Waals surface area contributed by atoms with Crippen LogP contribution in [-0.4, -0.2) is 23.1 Å². The van der Waals surface area contributed by atoms with Gasteiger partial charge in [-0.25, -0.2) is 9.59 Å². The van der Waals surface area contributed by atoms with E-state index in [2.05, 4.69) is 10.6 Å². The van der Waals surface area contributed by atoms with E-state index in [1.807, 2.05) is 25.1 Å². The molecule has 21 heavy (non-hydrogen) atoms. The average Bonchev–Trinajstić information content (AvgIpc) is 2.45. The topological polar surface area (TPSA) is 78.4 Å². The van der Waals surface area contributed by atoms with E-state index in [1.165, 1.54) is 0 Å². The second-order valence-electron chi connectivity index (χ2n) is 5.68. The molecule has 5 nitrogen and oxygen atoms in total. The number of carboxylic acid groups (broad SMARTS) is 1. The molecule has 0 saturated heterocycles. The summed E-state index contributed by atoms with van der Waals surface area (Å²) in [4.78, 5) is 23.4. The highest BCUT2D eigenvalue weighted by molar-refractivity contribution is 5.92. The van der Waals surface area contributed by atoms with Gasteiger partial charge in [-0.1, -0.05) is 31.4 Å². The van der Waals surface area contributed by atoms with Crippen molar-refractivity contribution < 1.29 is 14.7 Å². The number of urea groups is 1. The predicted octanol–water partition coefficient (Wildman–Crippen LogP) is 3.15. The summed E-state index contributed by atoms with van der Waals surface area (Å²) in [6, 6.07) is 6.14. The minimum atomic E-state index is -0.957. The molecule has 0 aromatic heterocycles.